The molecule has 90 valence electrons. The van der Waals surface area contributed by atoms with Crippen molar-refractivity contribution >= 4 is 0 Å². The van der Waals surface area contributed by atoms with E-state index in [0.717, 1.165) is 32.0 Å². The summed E-state index contributed by atoms with van der Waals surface area (Å²) in [6, 6.07) is 0.612. The van der Waals surface area contributed by atoms with Crippen molar-refractivity contribution in [1.29, 1.82) is 0 Å². The average Bonchev–Trinajstić information content (AvgIpc) is 2.29. The molecule has 0 aromatic rings. The Hall–Kier alpha value is -0.120. The minimum atomic E-state index is 0.612. The fraction of sp³-hybridized carbons (Fsp3) is 1.00. The molecule has 1 aliphatic heterocycles. The Morgan fingerprint density at radius 1 is 1.47 bits per heavy atom. The maximum Gasteiger partial charge on any atom is 0.0474 e. The van der Waals surface area contributed by atoms with Gasteiger partial charge < -0.3 is 10.5 Å². The predicted molar refractivity (Wildman–Crippen MR) is 63.9 cm³/mol. The Morgan fingerprint density at radius 2 is 2.27 bits per heavy atom. The molecular weight excluding hydrogens is 188 g/mol. The molecule has 0 saturated carbocycles. The minimum Gasteiger partial charge on any atom is -0.385 e. The number of nitrogens with zero attached hydrogens (tertiary/aromatic N) is 1. The molecule has 0 aliphatic carbocycles. The average molecular weight is 214 g/mol. The van der Waals surface area contributed by atoms with Crippen LogP contribution in [0.3, 0.4) is 0 Å². The first-order valence-electron chi connectivity index (χ1n) is 6.26. The summed E-state index contributed by atoms with van der Waals surface area (Å²) in [5, 5.41) is 0. The van der Waals surface area contributed by atoms with Gasteiger partial charge in [0.15, 0.2) is 0 Å². The third-order valence-corrected chi connectivity index (χ3v) is 3.59. The smallest absolute Gasteiger partial charge is 0.0474 e. The molecule has 1 rings (SSSR count). The van der Waals surface area contributed by atoms with Crippen molar-refractivity contribution in [3.8, 4) is 0 Å². The van der Waals surface area contributed by atoms with E-state index in [-0.39, 0.29) is 0 Å². The van der Waals surface area contributed by atoms with Crippen LogP contribution in [-0.4, -0.2) is 44.3 Å². The highest BCUT2D eigenvalue weighted by Crippen LogP contribution is 2.25. The fourth-order valence-corrected chi connectivity index (χ4v) is 2.72. The second kappa shape index (κ2) is 7.20. The van der Waals surface area contributed by atoms with Crippen LogP contribution in [0.5, 0.6) is 0 Å². The Balaban J connectivity index is 2.38. The second-order valence-corrected chi connectivity index (χ2v) is 4.50. The lowest BCUT2D eigenvalue weighted by molar-refractivity contribution is 0.0829. The molecule has 15 heavy (non-hydrogen) atoms. The Bertz CT molecular complexity index is 164. The molecule has 1 aliphatic rings. The van der Waals surface area contributed by atoms with Crippen LogP contribution in [0.4, 0.5) is 0 Å². The van der Waals surface area contributed by atoms with Gasteiger partial charge in [-0.1, -0.05) is 13.3 Å². The molecule has 3 heteroatoms. The topological polar surface area (TPSA) is 38.5 Å². The first-order valence-corrected chi connectivity index (χ1v) is 6.26. The van der Waals surface area contributed by atoms with E-state index in [9.17, 15) is 0 Å². The van der Waals surface area contributed by atoms with Gasteiger partial charge in [0.2, 0.25) is 0 Å². The number of piperidine rings is 1. The summed E-state index contributed by atoms with van der Waals surface area (Å²) in [6.07, 6.45) is 5.09. The number of rotatable bonds is 6. The minimum absolute atomic E-state index is 0.612. The third kappa shape index (κ3) is 3.74. The summed E-state index contributed by atoms with van der Waals surface area (Å²) < 4.78 is 5.10. The monoisotopic (exact) mass is 214 g/mol. The molecule has 3 nitrogen and oxygen atoms in total. The molecule has 2 unspecified atom stereocenters. The van der Waals surface area contributed by atoms with Crippen molar-refractivity contribution in [1.82, 2.24) is 4.90 Å². The normalized spacial score (nSPS) is 28.2. The highest BCUT2D eigenvalue weighted by atomic mass is 16.5. The van der Waals surface area contributed by atoms with Crippen LogP contribution >= 0.6 is 0 Å². The lowest BCUT2D eigenvalue weighted by Crippen LogP contribution is -2.49. The Morgan fingerprint density at radius 3 is 2.87 bits per heavy atom. The Kier molecular flexibility index (Phi) is 6.22. The Labute approximate surface area is 94.0 Å². The van der Waals surface area contributed by atoms with E-state index in [4.69, 9.17) is 10.5 Å². The number of likely N-dealkylation sites (tertiary alicyclic amines) is 1. The number of hydrogen-bond acceptors (Lipinski definition) is 3. The molecule has 0 amide bonds. The SMILES string of the molecule is CCC1CCCN(CCCOC)C1CN. The summed E-state index contributed by atoms with van der Waals surface area (Å²) in [5.41, 5.74) is 5.89. The maximum atomic E-state index is 5.89. The van der Waals surface area contributed by atoms with Gasteiger partial charge in [0, 0.05) is 32.8 Å². The van der Waals surface area contributed by atoms with E-state index in [0.29, 0.717) is 6.04 Å². The summed E-state index contributed by atoms with van der Waals surface area (Å²) >= 11 is 0. The first kappa shape index (κ1) is 12.9. The van der Waals surface area contributed by atoms with Gasteiger partial charge in [-0.15, -0.1) is 0 Å². The van der Waals surface area contributed by atoms with Crippen LogP contribution in [0, 0.1) is 5.92 Å². The molecule has 0 radical (unpaired) electrons. The van der Waals surface area contributed by atoms with Crippen LogP contribution in [0.2, 0.25) is 0 Å². The van der Waals surface area contributed by atoms with E-state index in [1.54, 1.807) is 7.11 Å². The quantitative estimate of drug-likeness (QED) is 0.681. The van der Waals surface area contributed by atoms with Crippen LogP contribution in [-0.2, 0) is 4.74 Å². The van der Waals surface area contributed by atoms with E-state index >= 15 is 0 Å². The first-order chi connectivity index (χ1) is 7.33. The van der Waals surface area contributed by atoms with Crippen LogP contribution in [0.25, 0.3) is 0 Å². The number of hydrogen-bond donors (Lipinski definition) is 1. The van der Waals surface area contributed by atoms with E-state index in [2.05, 4.69) is 11.8 Å². The highest BCUT2D eigenvalue weighted by Gasteiger charge is 2.28. The van der Waals surface area contributed by atoms with Crippen molar-refractivity contribution in [3.05, 3.63) is 0 Å². The summed E-state index contributed by atoms with van der Waals surface area (Å²) in [4.78, 5) is 2.57. The second-order valence-electron chi connectivity index (χ2n) is 4.50. The summed E-state index contributed by atoms with van der Waals surface area (Å²) in [5.74, 6) is 0.811. The van der Waals surface area contributed by atoms with Crippen molar-refractivity contribution < 1.29 is 4.74 Å². The van der Waals surface area contributed by atoms with Gasteiger partial charge in [-0.2, -0.15) is 0 Å². The maximum absolute atomic E-state index is 5.89. The van der Waals surface area contributed by atoms with E-state index < -0.39 is 0 Å². The largest absolute Gasteiger partial charge is 0.385 e. The lowest BCUT2D eigenvalue weighted by Gasteiger charge is -2.40. The van der Waals surface area contributed by atoms with E-state index in [1.165, 1.54) is 25.8 Å². The van der Waals surface area contributed by atoms with Gasteiger partial charge >= 0.3 is 0 Å². The molecular formula is C12H26N2O. The number of nitrogens with two attached hydrogens (primary N) is 1. The molecule has 0 aromatic heterocycles. The standard InChI is InChI=1S/C12H26N2O/c1-3-11-6-4-7-14(12(11)10-13)8-5-9-15-2/h11-12H,3-10,13H2,1-2H3. The van der Waals surface area contributed by atoms with Gasteiger partial charge in [-0.3, -0.25) is 4.90 Å². The molecule has 1 heterocycles. The predicted octanol–water partition coefficient (Wildman–Crippen LogP) is 1.47. The lowest BCUT2D eigenvalue weighted by atomic mass is 9.87. The molecule has 0 bridgehead atoms. The molecule has 0 spiro atoms. The number of methoxy groups -OCH3 is 1. The molecule has 1 saturated heterocycles. The number of ether oxygens (including phenoxy) is 1. The van der Waals surface area contributed by atoms with Gasteiger partial charge in [-0.25, -0.2) is 0 Å². The zero-order chi connectivity index (χ0) is 11.1. The third-order valence-electron chi connectivity index (χ3n) is 3.59. The summed E-state index contributed by atoms with van der Waals surface area (Å²) in [6.45, 7) is 6.33. The molecule has 1 fully saturated rings. The van der Waals surface area contributed by atoms with Gasteiger partial charge in [-0.05, 0) is 31.7 Å². The molecule has 0 aromatic carbocycles. The van der Waals surface area contributed by atoms with Gasteiger partial charge in [0.1, 0.15) is 0 Å². The van der Waals surface area contributed by atoms with Crippen LogP contribution < -0.4 is 5.73 Å². The zero-order valence-corrected chi connectivity index (χ0v) is 10.2. The van der Waals surface area contributed by atoms with Crippen molar-refractivity contribution in [2.24, 2.45) is 11.7 Å². The van der Waals surface area contributed by atoms with Crippen LogP contribution in [0.15, 0.2) is 0 Å². The highest BCUT2D eigenvalue weighted by molar-refractivity contribution is 4.84. The molecule has 2 atom stereocenters. The van der Waals surface area contributed by atoms with Crippen molar-refractivity contribution in [3.63, 3.8) is 0 Å². The summed E-state index contributed by atoms with van der Waals surface area (Å²) in [7, 11) is 1.77. The van der Waals surface area contributed by atoms with Crippen molar-refractivity contribution in [2.45, 2.75) is 38.6 Å². The fourth-order valence-electron chi connectivity index (χ4n) is 2.72. The molecule has 2 N–H and O–H groups in total. The zero-order valence-electron chi connectivity index (χ0n) is 10.2. The van der Waals surface area contributed by atoms with Crippen LogP contribution in [0.1, 0.15) is 32.6 Å². The van der Waals surface area contributed by atoms with Crippen molar-refractivity contribution in [2.75, 3.05) is 33.4 Å². The van der Waals surface area contributed by atoms with Gasteiger partial charge in [0.05, 0.1) is 0 Å². The van der Waals surface area contributed by atoms with Gasteiger partial charge in [0.25, 0.3) is 0 Å². The van der Waals surface area contributed by atoms with E-state index in [1.807, 2.05) is 0 Å².